The molecule has 3 aromatic rings. The smallest absolute Gasteiger partial charge is 0.160 e. The lowest BCUT2D eigenvalue weighted by Gasteiger charge is -2.04. The first-order valence-corrected chi connectivity index (χ1v) is 6.91. The Labute approximate surface area is 124 Å². The molecule has 0 atom stereocenters. The maximum Gasteiger partial charge on any atom is 0.160 e. The number of methoxy groups -OCH3 is 1. The number of halogens is 1. The number of hydrogen-bond donors (Lipinski definition) is 2. The van der Waals surface area contributed by atoms with E-state index in [1.807, 2.05) is 25.1 Å². The molecule has 5 heteroatoms. The molecule has 0 aliphatic carbocycles. The molecule has 2 aromatic carbocycles. The van der Waals surface area contributed by atoms with E-state index in [1.54, 1.807) is 12.1 Å². The topological polar surface area (TPSA) is 58.1 Å². The van der Waals surface area contributed by atoms with Crippen molar-refractivity contribution in [2.75, 3.05) is 7.11 Å². The number of aromatic hydroxyl groups is 1. The third-order valence-corrected chi connectivity index (χ3v) is 3.65. The van der Waals surface area contributed by atoms with Crippen LogP contribution in [-0.2, 0) is 0 Å². The van der Waals surface area contributed by atoms with E-state index in [0.29, 0.717) is 5.75 Å². The Morgan fingerprint density at radius 1 is 1.25 bits per heavy atom. The second-order valence-corrected chi connectivity index (χ2v) is 5.51. The predicted molar refractivity (Wildman–Crippen MR) is 82.2 cm³/mol. The molecule has 0 fully saturated rings. The lowest BCUT2D eigenvalue weighted by atomic mass is 10.2. The summed E-state index contributed by atoms with van der Waals surface area (Å²) in [5.74, 6) is 1.27. The fraction of sp³-hybridized carbons (Fsp3) is 0.133. The number of aromatic nitrogens is 2. The highest BCUT2D eigenvalue weighted by atomic mass is 79.9. The van der Waals surface area contributed by atoms with E-state index >= 15 is 0 Å². The molecule has 102 valence electrons. The minimum Gasteiger partial charge on any atom is -0.504 e. The summed E-state index contributed by atoms with van der Waals surface area (Å²) in [6.45, 7) is 2.02. The van der Waals surface area contributed by atoms with Crippen LogP contribution in [-0.4, -0.2) is 22.2 Å². The molecule has 0 saturated heterocycles. The lowest BCUT2D eigenvalue weighted by molar-refractivity contribution is 0.373. The number of aryl methyl sites for hydroxylation is 1. The number of phenols is 1. The minimum absolute atomic E-state index is 0.100. The maximum absolute atomic E-state index is 9.85. The van der Waals surface area contributed by atoms with Gasteiger partial charge in [-0.25, -0.2) is 4.98 Å². The van der Waals surface area contributed by atoms with Crippen LogP contribution in [0.5, 0.6) is 11.5 Å². The van der Waals surface area contributed by atoms with E-state index < -0.39 is 0 Å². The number of aromatic amines is 1. The van der Waals surface area contributed by atoms with Gasteiger partial charge in [-0.05, 0) is 42.8 Å². The Balaban J connectivity index is 2.15. The maximum atomic E-state index is 9.85. The van der Waals surface area contributed by atoms with Crippen LogP contribution < -0.4 is 4.74 Å². The van der Waals surface area contributed by atoms with Crippen molar-refractivity contribution in [1.82, 2.24) is 9.97 Å². The summed E-state index contributed by atoms with van der Waals surface area (Å²) in [7, 11) is 1.52. The molecule has 0 spiro atoms. The molecule has 0 amide bonds. The number of rotatable bonds is 2. The number of nitrogens with zero attached hydrogens (tertiary/aromatic N) is 1. The number of fused-ring (bicyclic) bond motifs is 1. The Morgan fingerprint density at radius 2 is 2.05 bits per heavy atom. The Bertz CT molecular complexity index is 796. The van der Waals surface area contributed by atoms with Crippen molar-refractivity contribution in [2.24, 2.45) is 0 Å². The van der Waals surface area contributed by atoms with Gasteiger partial charge in [0.2, 0.25) is 0 Å². The van der Waals surface area contributed by atoms with Crippen LogP contribution in [0.1, 0.15) is 5.56 Å². The van der Waals surface area contributed by atoms with Crippen molar-refractivity contribution in [3.63, 3.8) is 0 Å². The van der Waals surface area contributed by atoms with Gasteiger partial charge in [-0.15, -0.1) is 0 Å². The average molecular weight is 333 g/mol. The largest absolute Gasteiger partial charge is 0.504 e. The number of hydrogen-bond acceptors (Lipinski definition) is 3. The van der Waals surface area contributed by atoms with Crippen LogP contribution in [0, 0.1) is 6.92 Å². The summed E-state index contributed by atoms with van der Waals surface area (Å²) in [6.07, 6.45) is 0. The predicted octanol–water partition coefficient (Wildman–Crippen LogP) is 4.02. The molecule has 0 bridgehead atoms. The second kappa shape index (κ2) is 4.83. The zero-order valence-electron chi connectivity index (χ0n) is 11.1. The van der Waals surface area contributed by atoms with Crippen molar-refractivity contribution in [1.29, 1.82) is 0 Å². The molecule has 1 heterocycles. The fourth-order valence-corrected chi connectivity index (χ4v) is 2.79. The van der Waals surface area contributed by atoms with E-state index in [9.17, 15) is 5.11 Å². The highest BCUT2D eigenvalue weighted by molar-refractivity contribution is 9.10. The quantitative estimate of drug-likeness (QED) is 0.745. The van der Waals surface area contributed by atoms with Crippen LogP contribution >= 0.6 is 15.9 Å². The Morgan fingerprint density at radius 3 is 2.75 bits per heavy atom. The number of nitrogens with one attached hydrogen (secondary N) is 1. The molecule has 3 rings (SSSR count). The highest BCUT2D eigenvalue weighted by Gasteiger charge is 2.10. The zero-order chi connectivity index (χ0) is 14.3. The van der Waals surface area contributed by atoms with E-state index in [4.69, 9.17) is 4.74 Å². The van der Waals surface area contributed by atoms with Gasteiger partial charge in [0.05, 0.1) is 18.1 Å². The lowest BCUT2D eigenvalue weighted by Crippen LogP contribution is -1.85. The van der Waals surface area contributed by atoms with Gasteiger partial charge < -0.3 is 14.8 Å². The van der Waals surface area contributed by atoms with Crippen LogP contribution in [0.3, 0.4) is 0 Å². The van der Waals surface area contributed by atoms with Gasteiger partial charge in [0, 0.05) is 10.0 Å². The SMILES string of the molecule is COc1ccc(-c2nc3c(C)cc(Br)cc3[nH]2)cc1O. The van der Waals surface area contributed by atoms with Gasteiger partial charge in [-0.3, -0.25) is 0 Å². The van der Waals surface area contributed by atoms with Crippen molar-refractivity contribution in [2.45, 2.75) is 6.92 Å². The molecule has 0 aliphatic rings. The molecule has 2 N–H and O–H groups in total. The van der Waals surface area contributed by atoms with Gasteiger partial charge in [-0.1, -0.05) is 15.9 Å². The summed E-state index contributed by atoms with van der Waals surface area (Å²) < 4.78 is 6.05. The minimum atomic E-state index is 0.100. The summed E-state index contributed by atoms with van der Waals surface area (Å²) in [5.41, 5.74) is 3.80. The van der Waals surface area contributed by atoms with Gasteiger partial charge in [0.15, 0.2) is 11.5 Å². The molecule has 4 nitrogen and oxygen atoms in total. The highest BCUT2D eigenvalue weighted by Crippen LogP contribution is 2.32. The summed E-state index contributed by atoms with van der Waals surface area (Å²) >= 11 is 3.47. The standard InChI is InChI=1S/C15H13BrN2O2/c1-8-5-10(16)7-11-14(8)18-15(17-11)9-3-4-13(20-2)12(19)6-9/h3-7,19H,1-2H3,(H,17,18). The third-order valence-electron chi connectivity index (χ3n) is 3.19. The first kappa shape index (κ1) is 13.0. The molecule has 0 saturated carbocycles. The monoisotopic (exact) mass is 332 g/mol. The molecular weight excluding hydrogens is 320 g/mol. The average Bonchev–Trinajstić information content (AvgIpc) is 2.82. The van der Waals surface area contributed by atoms with Crippen LogP contribution in [0.25, 0.3) is 22.4 Å². The van der Waals surface area contributed by atoms with Crippen molar-refractivity contribution < 1.29 is 9.84 Å². The van der Waals surface area contributed by atoms with Gasteiger partial charge in [0.1, 0.15) is 5.82 Å². The summed E-state index contributed by atoms with van der Waals surface area (Å²) in [6, 6.07) is 9.24. The van der Waals surface area contributed by atoms with Gasteiger partial charge in [-0.2, -0.15) is 0 Å². The van der Waals surface area contributed by atoms with Gasteiger partial charge in [0.25, 0.3) is 0 Å². The number of benzene rings is 2. The van der Waals surface area contributed by atoms with Crippen molar-refractivity contribution >= 4 is 27.0 Å². The molecular formula is C15H13BrN2O2. The first-order valence-electron chi connectivity index (χ1n) is 6.11. The zero-order valence-corrected chi connectivity index (χ0v) is 12.7. The Kier molecular flexibility index (Phi) is 3.14. The van der Waals surface area contributed by atoms with Crippen LogP contribution in [0.4, 0.5) is 0 Å². The number of imidazole rings is 1. The molecule has 1 aromatic heterocycles. The number of ether oxygens (including phenoxy) is 1. The number of H-pyrrole nitrogens is 1. The normalized spacial score (nSPS) is 10.9. The van der Waals surface area contributed by atoms with Gasteiger partial charge >= 0.3 is 0 Å². The third kappa shape index (κ3) is 2.14. The van der Waals surface area contributed by atoms with E-state index in [2.05, 4.69) is 25.9 Å². The molecule has 0 aliphatic heterocycles. The van der Waals surface area contributed by atoms with Crippen LogP contribution in [0.15, 0.2) is 34.8 Å². The first-order chi connectivity index (χ1) is 9.58. The van der Waals surface area contributed by atoms with Crippen molar-refractivity contribution in [3.8, 4) is 22.9 Å². The van der Waals surface area contributed by atoms with E-state index in [1.165, 1.54) is 7.11 Å². The molecule has 20 heavy (non-hydrogen) atoms. The summed E-state index contributed by atoms with van der Waals surface area (Å²) in [4.78, 5) is 7.86. The van der Waals surface area contributed by atoms with Crippen LogP contribution in [0.2, 0.25) is 0 Å². The van der Waals surface area contributed by atoms with E-state index in [0.717, 1.165) is 32.5 Å². The fourth-order valence-electron chi connectivity index (χ4n) is 2.22. The molecule has 0 unspecified atom stereocenters. The van der Waals surface area contributed by atoms with E-state index in [-0.39, 0.29) is 5.75 Å². The Hall–Kier alpha value is -2.01. The molecule has 0 radical (unpaired) electrons. The summed E-state index contributed by atoms with van der Waals surface area (Å²) in [5, 5.41) is 9.85. The number of phenolic OH excluding ortho intramolecular Hbond substituents is 1. The van der Waals surface area contributed by atoms with Crippen molar-refractivity contribution in [3.05, 3.63) is 40.4 Å². The second-order valence-electron chi connectivity index (χ2n) is 4.59.